The van der Waals surface area contributed by atoms with Crippen molar-refractivity contribution in [3.05, 3.63) is 46.5 Å². The fourth-order valence-corrected chi connectivity index (χ4v) is 9.61. The van der Waals surface area contributed by atoms with Crippen LogP contribution in [0.25, 0.3) is 0 Å². The largest absolute Gasteiger partial charge is 0.495 e. The summed E-state index contributed by atoms with van der Waals surface area (Å²) in [6.45, 7) is 7.54. The zero-order valence-corrected chi connectivity index (χ0v) is 38.1. The molecule has 5 aliphatic rings. The van der Waals surface area contributed by atoms with Crippen LogP contribution in [0, 0.1) is 5.92 Å². The Morgan fingerprint density at radius 1 is 1.13 bits per heavy atom. The van der Waals surface area contributed by atoms with Crippen molar-refractivity contribution in [2.24, 2.45) is 5.92 Å². The maximum absolute atomic E-state index is 14.2. The standard InChI is InChI=1S/C43H59ClN4O13S/c1-25-10-9-11-31(58-8)43(56)22-33(60-40(55)45-43)42(4)24-41(3,61-42)32(21-35(50)47(6)29-19-27(18-25)20-30(57-7)37(29)44)59-39(54)26(2)46(5)34(49)14-17-62-23-36(51)48-15-12-28(13-16-48)38(52)53/h9-11,19-20,26,28,31-33,56H,12-18,21-24H2,1-8H3,(H,45,55)(H,52,53)/b11-9+,25-10+/t26-,31+,32-,33-,41+,42?,43-/m0/s1. The van der Waals surface area contributed by atoms with Gasteiger partial charge in [0.25, 0.3) is 0 Å². The molecule has 19 heteroatoms. The first-order valence-electron chi connectivity index (χ1n) is 20.6. The van der Waals surface area contributed by atoms with E-state index < -0.39 is 71.1 Å². The van der Waals surface area contributed by atoms with Gasteiger partial charge in [-0.05, 0) is 64.7 Å². The first-order valence-corrected chi connectivity index (χ1v) is 22.1. The molecule has 7 atom stereocenters. The summed E-state index contributed by atoms with van der Waals surface area (Å²) in [5.74, 6) is -2.30. The van der Waals surface area contributed by atoms with E-state index in [2.05, 4.69) is 5.32 Å². The van der Waals surface area contributed by atoms with Gasteiger partial charge in [-0.1, -0.05) is 35.4 Å². The summed E-state index contributed by atoms with van der Waals surface area (Å²) in [6.07, 6.45) is 2.01. The van der Waals surface area contributed by atoms with Crippen LogP contribution in [0.15, 0.2) is 35.9 Å². The number of methoxy groups -OCH3 is 2. The van der Waals surface area contributed by atoms with Crippen molar-refractivity contribution in [3.63, 3.8) is 0 Å². The number of thioether (sulfide) groups is 1. The number of fused-ring (bicyclic) bond motifs is 6. The Labute approximate surface area is 371 Å². The number of alkyl carbamates (subject to hydrolysis) is 1. The highest BCUT2D eigenvalue weighted by molar-refractivity contribution is 7.99. The highest BCUT2D eigenvalue weighted by Gasteiger charge is 2.63. The van der Waals surface area contributed by atoms with Crippen molar-refractivity contribution in [1.29, 1.82) is 0 Å². The van der Waals surface area contributed by atoms with Gasteiger partial charge in [-0.25, -0.2) is 9.59 Å². The van der Waals surface area contributed by atoms with Crippen molar-refractivity contribution < 1.29 is 62.7 Å². The smallest absolute Gasteiger partial charge is 0.409 e. The van der Waals surface area contributed by atoms with Crippen LogP contribution in [0.5, 0.6) is 5.75 Å². The van der Waals surface area contributed by atoms with Gasteiger partial charge in [0.2, 0.25) is 17.7 Å². The topological polar surface area (TPSA) is 211 Å². The number of nitrogens with zero attached hydrogens (tertiary/aromatic N) is 3. The lowest BCUT2D eigenvalue weighted by molar-refractivity contribution is -0.328. The third-order valence-corrected chi connectivity index (χ3v) is 13.6. The van der Waals surface area contributed by atoms with Crippen molar-refractivity contribution >= 4 is 64.8 Å². The monoisotopic (exact) mass is 906 g/mol. The van der Waals surface area contributed by atoms with Gasteiger partial charge in [0.15, 0.2) is 5.72 Å². The fourth-order valence-electron chi connectivity index (χ4n) is 8.47. The van der Waals surface area contributed by atoms with Crippen LogP contribution in [-0.2, 0) is 49.3 Å². The van der Waals surface area contributed by atoms with E-state index >= 15 is 0 Å². The summed E-state index contributed by atoms with van der Waals surface area (Å²) < 4.78 is 29.6. The van der Waals surface area contributed by atoms with Crippen molar-refractivity contribution in [2.75, 3.05) is 57.8 Å². The Morgan fingerprint density at radius 2 is 1.81 bits per heavy atom. The molecule has 5 heterocycles. The molecule has 0 radical (unpaired) electrons. The van der Waals surface area contributed by atoms with Gasteiger partial charge >= 0.3 is 18.0 Å². The number of hydrogen-bond donors (Lipinski definition) is 3. The molecule has 1 unspecified atom stereocenters. The number of carboxylic acids is 1. The lowest BCUT2D eigenvalue weighted by Gasteiger charge is -2.59. The summed E-state index contributed by atoms with van der Waals surface area (Å²) in [6, 6.07) is 2.46. The molecular formula is C43H59ClN4O13S. The molecule has 1 aromatic carbocycles. The Morgan fingerprint density at radius 3 is 2.44 bits per heavy atom. The highest BCUT2D eigenvalue weighted by Crippen LogP contribution is 2.50. The number of nitrogens with one attached hydrogen (secondary N) is 1. The zero-order valence-electron chi connectivity index (χ0n) is 36.6. The quantitative estimate of drug-likeness (QED) is 0.211. The van der Waals surface area contributed by atoms with Crippen LogP contribution in [0.4, 0.5) is 10.5 Å². The number of aliphatic carboxylic acids is 1. The molecule has 17 nitrogen and oxygen atoms in total. The number of carboxylic acid groups (broad SMARTS) is 1. The molecule has 3 saturated heterocycles. The Balaban J connectivity index is 1.35. The van der Waals surface area contributed by atoms with Crippen LogP contribution >= 0.6 is 23.4 Å². The van der Waals surface area contributed by atoms with E-state index in [1.165, 1.54) is 49.8 Å². The minimum absolute atomic E-state index is 0.0265. The number of anilines is 1. The van der Waals surface area contributed by atoms with E-state index in [0.717, 1.165) is 11.1 Å². The second kappa shape index (κ2) is 20.0. The van der Waals surface area contributed by atoms with E-state index in [1.54, 1.807) is 50.1 Å². The van der Waals surface area contributed by atoms with Gasteiger partial charge in [0.05, 0.1) is 30.9 Å². The van der Waals surface area contributed by atoms with E-state index in [-0.39, 0.29) is 48.3 Å². The SMILES string of the molecule is COc1cc2cc(c1Cl)N(C)C(=O)C[C@H](OC(=O)[C@H](C)N(C)C(=O)CCSCC(=O)N1CCC(C(=O)O)CC1)[C@@]1(C)CC(C)(O1)[C@@H]1C[C@@](O)(NC(=O)O1)[C@H](OC)/C=C/C=C(\C)C2. The average molecular weight is 907 g/mol. The maximum atomic E-state index is 14.2. The van der Waals surface area contributed by atoms with Gasteiger partial charge in [-0.3, -0.25) is 24.5 Å². The van der Waals surface area contributed by atoms with Crippen molar-refractivity contribution in [3.8, 4) is 5.75 Å². The third-order valence-electron chi connectivity index (χ3n) is 12.3. The molecule has 0 spiro atoms. The molecule has 342 valence electrons. The molecule has 5 aliphatic heterocycles. The summed E-state index contributed by atoms with van der Waals surface area (Å²) >= 11 is 8.06. The van der Waals surface area contributed by atoms with E-state index in [9.17, 15) is 39.0 Å². The fraction of sp³-hybridized carbons (Fsp3) is 0.628. The number of carbonyl (C=O) groups is 6. The van der Waals surface area contributed by atoms with Gasteiger partial charge in [0, 0.05) is 59.3 Å². The number of piperidine rings is 1. The minimum Gasteiger partial charge on any atom is -0.495 e. The van der Waals surface area contributed by atoms with Crippen LogP contribution in [-0.4, -0.2) is 150 Å². The molecule has 6 bridgehead atoms. The molecule has 0 saturated carbocycles. The molecule has 4 amide bonds. The predicted molar refractivity (Wildman–Crippen MR) is 230 cm³/mol. The van der Waals surface area contributed by atoms with Crippen LogP contribution < -0.4 is 15.0 Å². The number of rotatable bonds is 11. The molecule has 6 rings (SSSR count). The van der Waals surface area contributed by atoms with E-state index in [1.807, 2.05) is 13.0 Å². The van der Waals surface area contributed by atoms with Crippen molar-refractivity contribution in [2.45, 2.75) is 114 Å². The van der Waals surface area contributed by atoms with Crippen LogP contribution in [0.2, 0.25) is 5.02 Å². The Bertz CT molecular complexity index is 1950. The number of amides is 4. The Kier molecular flexibility index (Phi) is 15.7. The molecule has 1 aromatic rings. The molecule has 0 aromatic heterocycles. The highest BCUT2D eigenvalue weighted by atomic mass is 35.5. The van der Waals surface area contributed by atoms with Gasteiger partial charge in [-0.2, -0.15) is 11.8 Å². The van der Waals surface area contributed by atoms with E-state index in [4.69, 9.17) is 35.3 Å². The number of likely N-dealkylation sites (tertiary alicyclic amines) is 1. The Hall–Kier alpha value is -4.36. The minimum atomic E-state index is -1.89. The molecule has 0 aliphatic carbocycles. The third kappa shape index (κ3) is 11.0. The number of allylic oxidation sites excluding steroid dienone is 3. The lowest BCUT2D eigenvalue weighted by Crippen LogP contribution is -2.72. The number of hydrogen-bond acceptors (Lipinski definition) is 13. The second-order valence-electron chi connectivity index (χ2n) is 17.0. The van der Waals surface area contributed by atoms with Crippen LogP contribution in [0.1, 0.15) is 71.8 Å². The number of carbonyl (C=O) groups excluding carboxylic acids is 5. The lowest BCUT2D eigenvalue weighted by atomic mass is 9.72. The molecule has 62 heavy (non-hydrogen) atoms. The number of halogens is 1. The zero-order chi connectivity index (χ0) is 45.7. The normalized spacial score (nSPS) is 30.1. The first kappa shape index (κ1) is 48.7. The molecule has 3 fully saturated rings. The number of esters is 1. The van der Waals surface area contributed by atoms with Crippen molar-refractivity contribution in [1.82, 2.24) is 15.1 Å². The summed E-state index contributed by atoms with van der Waals surface area (Å²) in [4.78, 5) is 82.6. The predicted octanol–water partition coefficient (Wildman–Crippen LogP) is 4.11. The van der Waals surface area contributed by atoms with Gasteiger partial charge in [-0.15, -0.1) is 0 Å². The number of ether oxygens (including phenoxy) is 5. The summed E-state index contributed by atoms with van der Waals surface area (Å²) in [7, 11) is 5.90. The average Bonchev–Trinajstić information content (AvgIpc) is 3.21. The van der Waals surface area contributed by atoms with Gasteiger partial charge < -0.3 is 48.6 Å². The molecular weight excluding hydrogens is 848 g/mol. The maximum Gasteiger partial charge on any atom is 0.409 e. The first-order chi connectivity index (χ1) is 29.1. The number of benzene rings is 1. The summed E-state index contributed by atoms with van der Waals surface area (Å²) in [5.41, 5.74) is -2.36. The number of aliphatic hydroxyl groups is 1. The van der Waals surface area contributed by atoms with E-state index in [0.29, 0.717) is 49.5 Å². The van der Waals surface area contributed by atoms with Gasteiger partial charge in [0.1, 0.15) is 46.3 Å². The molecule has 3 N–H and O–H groups in total. The second-order valence-corrected chi connectivity index (χ2v) is 18.5. The summed E-state index contributed by atoms with van der Waals surface area (Å²) in [5, 5.41) is 23.7. The number of likely N-dealkylation sites (N-methyl/N-ethyl adjacent to an activating group) is 1. The van der Waals surface area contributed by atoms with Crippen LogP contribution in [0.3, 0.4) is 0 Å².